The van der Waals surface area contributed by atoms with Crippen LogP contribution in [0.2, 0.25) is 0 Å². The van der Waals surface area contributed by atoms with Crippen LogP contribution in [0.5, 0.6) is 5.88 Å². The van der Waals surface area contributed by atoms with E-state index in [1.165, 1.54) is 13.2 Å². The van der Waals surface area contributed by atoms with Crippen LogP contribution in [-0.2, 0) is 6.18 Å². The molecule has 2 N–H and O–H groups in total. The average Bonchev–Trinajstić information content (AvgIpc) is 3.02. The fraction of sp³-hybridized carbons (Fsp3) is 0.133. The molecule has 0 atom stereocenters. The quantitative estimate of drug-likeness (QED) is 0.769. The van der Waals surface area contributed by atoms with Gasteiger partial charge in [0.05, 0.1) is 30.1 Å². The second-order valence-corrected chi connectivity index (χ2v) is 4.84. The molecule has 0 saturated carbocycles. The number of pyridine rings is 1. The Labute approximate surface area is 133 Å². The molecular formula is C15H11F3N4O2. The maximum Gasteiger partial charge on any atom is 0.434 e. The van der Waals surface area contributed by atoms with Crippen LogP contribution in [0.1, 0.15) is 16.1 Å². The Balaban J connectivity index is 2.02. The molecule has 0 saturated heterocycles. The Bertz CT molecular complexity index is 905. The Kier molecular flexibility index (Phi) is 3.84. The summed E-state index contributed by atoms with van der Waals surface area (Å²) >= 11 is 0. The number of hydrogen-bond acceptors (Lipinski definition) is 4. The minimum Gasteiger partial charge on any atom is -0.481 e. The third-order valence-electron chi connectivity index (χ3n) is 3.32. The molecule has 0 unspecified atom stereocenters. The van der Waals surface area contributed by atoms with Crippen molar-refractivity contribution in [2.24, 2.45) is 0 Å². The zero-order chi connectivity index (χ0) is 17.3. The van der Waals surface area contributed by atoms with E-state index in [4.69, 9.17) is 4.74 Å². The van der Waals surface area contributed by atoms with E-state index in [1.807, 2.05) is 5.10 Å². The number of methoxy groups -OCH3 is 1. The number of rotatable bonds is 3. The number of aromatic nitrogens is 3. The first-order valence-electron chi connectivity index (χ1n) is 6.76. The number of aromatic amines is 1. The molecule has 0 bridgehead atoms. The Hall–Kier alpha value is -3.10. The molecule has 2 heterocycles. The lowest BCUT2D eigenvalue weighted by atomic mass is 10.1. The van der Waals surface area contributed by atoms with Gasteiger partial charge in [0.15, 0.2) is 5.69 Å². The van der Waals surface area contributed by atoms with Crippen molar-refractivity contribution in [3.05, 3.63) is 47.8 Å². The van der Waals surface area contributed by atoms with Crippen molar-refractivity contribution >= 4 is 22.5 Å². The first-order chi connectivity index (χ1) is 11.4. The number of hydrogen-bond donors (Lipinski definition) is 2. The molecule has 0 aliphatic carbocycles. The van der Waals surface area contributed by atoms with E-state index >= 15 is 0 Å². The number of nitrogens with zero attached hydrogens (tertiary/aromatic N) is 2. The third kappa shape index (κ3) is 2.87. The number of nitrogens with one attached hydrogen (secondary N) is 2. The van der Waals surface area contributed by atoms with Crippen molar-refractivity contribution in [3.8, 4) is 5.88 Å². The lowest BCUT2D eigenvalue weighted by Crippen LogP contribution is -2.16. The summed E-state index contributed by atoms with van der Waals surface area (Å²) in [5, 5.41) is 7.88. The molecule has 0 aliphatic heterocycles. The number of anilines is 1. The smallest absolute Gasteiger partial charge is 0.434 e. The summed E-state index contributed by atoms with van der Waals surface area (Å²) in [6.07, 6.45) is -3.75. The molecule has 124 valence electrons. The molecule has 6 nitrogen and oxygen atoms in total. The zero-order valence-electron chi connectivity index (χ0n) is 12.3. The lowest BCUT2D eigenvalue weighted by molar-refractivity contribution is -0.140. The second kappa shape index (κ2) is 5.84. The maximum atomic E-state index is 12.9. The van der Waals surface area contributed by atoms with Gasteiger partial charge >= 0.3 is 6.18 Å². The largest absolute Gasteiger partial charge is 0.481 e. The van der Waals surface area contributed by atoms with Crippen molar-refractivity contribution in [2.75, 3.05) is 12.4 Å². The molecule has 0 radical (unpaired) electrons. The number of para-hydroxylation sites is 1. The number of H-pyrrole nitrogens is 1. The molecule has 0 aliphatic rings. The first-order valence-corrected chi connectivity index (χ1v) is 6.76. The monoisotopic (exact) mass is 336 g/mol. The van der Waals surface area contributed by atoms with E-state index in [0.717, 1.165) is 6.20 Å². The number of carbonyl (C=O) groups excluding carboxylic acids is 1. The van der Waals surface area contributed by atoms with Crippen molar-refractivity contribution in [3.63, 3.8) is 0 Å². The van der Waals surface area contributed by atoms with Gasteiger partial charge in [0.2, 0.25) is 5.88 Å². The summed E-state index contributed by atoms with van der Waals surface area (Å²) in [7, 11) is 1.39. The summed E-state index contributed by atoms with van der Waals surface area (Å²) in [5.41, 5.74) is -0.939. The zero-order valence-corrected chi connectivity index (χ0v) is 12.3. The predicted molar refractivity (Wildman–Crippen MR) is 79.8 cm³/mol. The van der Waals surface area contributed by atoms with Gasteiger partial charge in [0.1, 0.15) is 0 Å². The molecule has 1 aromatic carbocycles. The van der Waals surface area contributed by atoms with E-state index in [0.29, 0.717) is 10.9 Å². The Morgan fingerprint density at radius 3 is 2.75 bits per heavy atom. The molecule has 24 heavy (non-hydrogen) atoms. The van der Waals surface area contributed by atoms with E-state index in [-0.39, 0.29) is 11.4 Å². The normalized spacial score (nSPS) is 11.5. The first kappa shape index (κ1) is 15.8. The molecule has 9 heteroatoms. The van der Waals surface area contributed by atoms with Gasteiger partial charge in [-0.1, -0.05) is 18.2 Å². The molecule has 1 amide bonds. The standard InChI is InChI=1S/C15H11F3N4O2/c1-24-12-6-9(8-4-2-3-5-10(8)20-12)14(23)21-11-7-19-22-13(11)15(16,17)18/h2-7H,1H3,(H,19,22)(H,21,23). The van der Waals surface area contributed by atoms with Crippen LogP contribution in [0.4, 0.5) is 18.9 Å². The number of fused-ring (bicyclic) bond motifs is 1. The molecule has 2 aromatic heterocycles. The molecular weight excluding hydrogens is 325 g/mol. The number of halogens is 3. The molecule has 3 rings (SSSR count). The van der Waals surface area contributed by atoms with Crippen LogP contribution in [0.15, 0.2) is 36.5 Å². The molecule has 0 spiro atoms. The number of carbonyl (C=O) groups is 1. The number of amides is 1. The lowest BCUT2D eigenvalue weighted by Gasteiger charge is -2.11. The summed E-state index contributed by atoms with van der Waals surface area (Å²) in [6.45, 7) is 0. The van der Waals surface area contributed by atoms with Crippen LogP contribution in [0.25, 0.3) is 10.9 Å². The highest BCUT2D eigenvalue weighted by atomic mass is 19.4. The van der Waals surface area contributed by atoms with Gasteiger partial charge < -0.3 is 10.1 Å². The van der Waals surface area contributed by atoms with E-state index in [2.05, 4.69) is 15.4 Å². The van der Waals surface area contributed by atoms with Crippen LogP contribution < -0.4 is 10.1 Å². The highest BCUT2D eigenvalue weighted by Crippen LogP contribution is 2.33. The summed E-state index contributed by atoms with van der Waals surface area (Å²) in [6, 6.07) is 8.12. The van der Waals surface area contributed by atoms with Crippen molar-refractivity contribution in [2.45, 2.75) is 6.18 Å². The van der Waals surface area contributed by atoms with Gasteiger partial charge in [0, 0.05) is 11.5 Å². The minimum absolute atomic E-state index is 0.145. The van der Waals surface area contributed by atoms with Crippen LogP contribution in [-0.4, -0.2) is 28.2 Å². The fourth-order valence-electron chi connectivity index (χ4n) is 2.23. The van der Waals surface area contributed by atoms with E-state index in [1.54, 1.807) is 24.3 Å². The third-order valence-corrected chi connectivity index (χ3v) is 3.32. The number of benzene rings is 1. The summed E-state index contributed by atoms with van der Waals surface area (Å²) in [4.78, 5) is 16.7. The van der Waals surface area contributed by atoms with Crippen LogP contribution in [0, 0.1) is 0 Å². The Morgan fingerprint density at radius 1 is 1.29 bits per heavy atom. The van der Waals surface area contributed by atoms with E-state index in [9.17, 15) is 18.0 Å². The van der Waals surface area contributed by atoms with Gasteiger partial charge in [-0.15, -0.1) is 0 Å². The molecule has 0 fully saturated rings. The van der Waals surface area contributed by atoms with Gasteiger partial charge in [-0.25, -0.2) is 4.98 Å². The minimum atomic E-state index is -4.66. The van der Waals surface area contributed by atoms with Gasteiger partial charge in [-0.2, -0.15) is 18.3 Å². The van der Waals surface area contributed by atoms with Crippen LogP contribution in [0.3, 0.4) is 0 Å². The predicted octanol–water partition coefficient (Wildman–Crippen LogP) is 3.24. The summed E-state index contributed by atoms with van der Waals surface area (Å²) in [5.74, 6) is -0.541. The number of alkyl halides is 3. The van der Waals surface area contributed by atoms with E-state index < -0.39 is 23.5 Å². The molecule has 3 aromatic rings. The van der Waals surface area contributed by atoms with Crippen molar-refractivity contribution in [1.82, 2.24) is 15.2 Å². The second-order valence-electron chi connectivity index (χ2n) is 4.84. The number of ether oxygens (including phenoxy) is 1. The van der Waals surface area contributed by atoms with Crippen molar-refractivity contribution < 1.29 is 22.7 Å². The SMILES string of the molecule is COc1cc(C(=O)Nc2cn[nH]c2C(F)(F)F)c2ccccc2n1. The summed E-state index contributed by atoms with van der Waals surface area (Å²) < 4.78 is 43.6. The topological polar surface area (TPSA) is 79.9 Å². The Morgan fingerprint density at radius 2 is 2.04 bits per heavy atom. The highest BCUT2D eigenvalue weighted by molar-refractivity contribution is 6.12. The maximum absolute atomic E-state index is 12.9. The average molecular weight is 336 g/mol. The van der Waals surface area contributed by atoms with Crippen molar-refractivity contribution in [1.29, 1.82) is 0 Å². The highest BCUT2D eigenvalue weighted by Gasteiger charge is 2.36. The van der Waals surface area contributed by atoms with Gasteiger partial charge in [-0.05, 0) is 6.07 Å². The van der Waals surface area contributed by atoms with Gasteiger partial charge in [0.25, 0.3) is 5.91 Å². The fourth-order valence-corrected chi connectivity index (χ4v) is 2.23. The van der Waals surface area contributed by atoms with Crippen LogP contribution >= 0.6 is 0 Å². The van der Waals surface area contributed by atoms with Gasteiger partial charge in [-0.3, -0.25) is 9.89 Å².